The lowest BCUT2D eigenvalue weighted by Gasteiger charge is -2.22. The summed E-state index contributed by atoms with van der Waals surface area (Å²) in [6, 6.07) is 6.43. The minimum absolute atomic E-state index is 0.118. The smallest absolute Gasteiger partial charge is 0.338 e. The summed E-state index contributed by atoms with van der Waals surface area (Å²) in [5.41, 5.74) is 0.574. The van der Waals surface area contributed by atoms with Crippen molar-refractivity contribution in [2.45, 2.75) is 46.2 Å². The standard InChI is InChI=1S/C22H29N5O4/c1-14(2)13-18(23-15(3)28)20-25-24-19-9-10-26(11-12-27(19)20)21(29)16-7-5-6-8-17(16)22(30)31-4/h5-8,14,18H,9-13H2,1-4H3,(H,23,28)/t18-/m0/s1. The van der Waals surface area contributed by atoms with Crippen LogP contribution < -0.4 is 5.32 Å². The van der Waals surface area contributed by atoms with Gasteiger partial charge < -0.3 is 19.5 Å². The highest BCUT2D eigenvalue weighted by Crippen LogP contribution is 2.23. The fraction of sp³-hybridized carbons (Fsp3) is 0.500. The Bertz CT molecular complexity index is 969. The molecule has 9 nitrogen and oxygen atoms in total. The highest BCUT2D eigenvalue weighted by molar-refractivity contribution is 6.05. The van der Waals surface area contributed by atoms with Crippen LogP contribution in [-0.4, -0.2) is 57.6 Å². The van der Waals surface area contributed by atoms with Gasteiger partial charge in [-0.15, -0.1) is 10.2 Å². The summed E-state index contributed by atoms with van der Waals surface area (Å²) in [6.45, 7) is 7.09. The van der Waals surface area contributed by atoms with Crippen LogP contribution in [0.1, 0.15) is 65.6 Å². The minimum atomic E-state index is -0.537. The molecule has 1 atom stereocenters. The summed E-state index contributed by atoms with van der Waals surface area (Å²) >= 11 is 0. The molecular weight excluding hydrogens is 398 g/mol. The van der Waals surface area contributed by atoms with Crippen molar-refractivity contribution < 1.29 is 19.1 Å². The number of hydrogen-bond acceptors (Lipinski definition) is 6. The average Bonchev–Trinajstić information content (AvgIpc) is 3.02. The lowest BCUT2D eigenvalue weighted by atomic mass is 10.0. The Balaban J connectivity index is 1.82. The van der Waals surface area contributed by atoms with Crippen molar-refractivity contribution in [1.29, 1.82) is 0 Å². The van der Waals surface area contributed by atoms with E-state index in [0.717, 1.165) is 12.2 Å². The van der Waals surface area contributed by atoms with E-state index >= 15 is 0 Å². The largest absolute Gasteiger partial charge is 0.465 e. The Labute approximate surface area is 181 Å². The molecule has 0 radical (unpaired) electrons. The number of benzene rings is 1. The molecule has 0 spiro atoms. The van der Waals surface area contributed by atoms with Crippen molar-refractivity contribution in [3.8, 4) is 0 Å². The Morgan fingerprint density at radius 2 is 1.81 bits per heavy atom. The highest BCUT2D eigenvalue weighted by Gasteiger charge is 2.28. The lowest BCUT2D eigenvalue weighted by molar-refractivity contribution is -0.119. The van der Waals surface area contributed by atoms with Crippen LogP contribution in [0, 0.1) is 5.92 Å². The molecule has 0 saturated heterocycles. The number of esters is 1. The third kappa shape index (κ3) is 5.10. The molecule has 1 aliphatic rings. The molecule has 0 fully saturated rings. The summed E-state index contributed by atoms with van der Waals surface area (Å²) in [7, 11) is 1.30. The van der Waals surface area contributed by atoms with Gasteiger partial charge in [-0.05, 0) is 24.5 Å². The Morgan fingerprint density at radius 1 is 1.10 bits per heavy atom. The van der Waals surface area contributed by atoms with Crippen LogP contribution in [0.5, 0.6) is 0 Å². The summed E-state index contributed by atoms with van der Waals surface area (Å²) in [5.74, 6) is 0.983. The number of hydrogen-bond donors (Lipinski definition) is 1. The van der Waals surface area contributed by atoms with E-state index in [4.69, 9.17) is 4.74 Å². The van der Waals surface area contributed by atoms with E-state index in [1.54, 1.807) is 29.2 Å². The normalized spacial score (nSPS) is 14.5. The number of rotatable bonds is 6. The molecular formula is C22H29N5O4. The van der Waals surface area contributed by atoms with Crippen molar-refractivity contribution >= 4 is 17.8 Å². The molecule has 3 rings (SSSR count). The minimum Gasteiger partial charge on any atom is -0.465 e. The van der Waals surface area contributed by atoms with E-state index in [9.17, 15) is 14.4 Å². The molecule has 2 amide bonds. The number of nitrogens with zero attached hydrogens (tertiary/aromatic N) is 4. The van der Waals surface area contributed by atoms with Crippen molar-refractivity contribution in [3.05, 3.63) is 47.0 Å². The Morgan fingerprint density at radius 3 is 2.45 bits per heavy atom. The predicted octanol–water partition coefficient (Wildman–Crippen LogP) is 1.99. The molecule has 0 bridgehead atoms. The van der Waals surface area contributed by atoms with Gasteiger partial charge in [-0.1, -0.05) is 26.0 Å². The van der Waals surface area contributed by atoms with E-state index in [1.165, 1.54) is 14.0 Å². The molecule has 1 N–H and O–H groups in total. The van der Waals surface area contributed by atoms with Gasteiger partial charge in [0.2, 0.25) is 5.91 Å². The molecule has 31 heavy (non-hydrogen) atoms. The predicted molar refractivity (Wildman–Crippen MR) is 113 cm³/mol. The maximum atomic E-state index is 13.2. The van der Waals surface area contributed by atoms with E-state index < -0.39 is 5.97 Å². The molecule has 1 aliphatic heterocycles. The van der Waals surface area contributed by atoms with Crippen molar-refractivity contribution in [2.75, 3.05) is 20.2 Å². The quantitative estimate of drug-likeness (QED) is 0.707. The van der Waals surface area contributed by atoms with Crippen LogP contribution in [0.3, 0.4) is 0 Å². The number of ether oxygens (including phenoxy) is 1. The first-order valence-corrected chi connectivity index (χ1v) is 10.5. The van der Waals surface area contributed by atoms with Crippen LogP contribution in [0.15, 0.2) is 24.3 Å². The van der Waals surface area contributed by atoms with Gasteiger partial charge in [0.15, 0.2) is 5.82 Å². The maximum Gasteiger partial charge on any atom is 0.338 e. The molecule has 1 aromatic heterocycles. The molecule has 2 aromatic rings. The third-order valence-electron chi connectivity index (χ3n) is 5.30. The molecule has 1 aromatic carbocycles. The van der Waals surface area contributed by atoms with E-state index in [1.807, 2.05) is 4.57 Å². The van der Waals surface area contributed by atoms with Gasteiger partial charge in [-0.25, -0.2) is 4.79 Å². The van der Waals surface area contributed by atoms with Crippen molar-refractivity contribution in [2.24, 2.45) is 5.92 Å². The fourth-order valence-corrected chi connectivity index (χ4v) is 3.88. The van der Waals surface area contributed by atoms with Crippen LogP contribution in [0.4, 0.5) is 0 Å². The van der Waals surface area contributed by atoms with Crippen LogP contribution in [0.2, 0.25) is 0 Å². The van der Waals surface area contributed by atoms with Gasteiger partial charge in [-0.3, -0.25) is 9.59 Å². The summed E-state index contributed by atoms with van der Waals surface area (Å²) in [4.78, 5) is 38.7. The zero-order chi connectivity index (χ0) is 22.5. The molecule has 166 valence electrons. The first-order valence-electron chi connectivity index (χ1n) is 10.5. The maximum absolute atomic E-state index is 13.2. The number of amides is 2. The number of carbonyl (C=O) groups excluding carboxylic acids is 3. The molecule has 9 heteroatoms. The van der Waals surface area contributed by atoms with Gasteiger partial charge >= 0.3 is 5.97 Å². The topological polar surface area (TPSA) is 106 Å². The summed E-state index contributed by atoms with van der Waals surface area (Å²) < 4.78 is 6.82. The second-order valence-electron chi connectivity index (χ2n) is 8.09. The summed E-state index contributed by atoms with van der Waals surface area (Å²) in [5, 5.41) is 11.7. The lowest BCUT2D eigenvalue weighted by Crippen LogP contribution is -2.35. The zero-order valence-corrected chi connectivity index (χ0v) is 18.4. The van der Waals surface area contributed by atoms with Crippen LogP contribution in [-0.2, 0) is 22.5 Å². The molecule has 0 saturated carbocycles. The third-order valence-corrected chi connectivity index (χ3v) is 5.30. The van der Waals surface area contributed by atoms with Gasteiger partial charge in [0, 0.05) is 33.0 Å². The van der Waals surface area contributed by atoms with E-state index in [-0.39, 0.29) is 23.4 Å². The number of aromatic nitrogens is 3. The number of carbonyl (C=O) groups is 3. The molecule has 0 aliphatic carbocycles. The van der Waals surface area contributed by atoms with Gasteiger partial charge in [0.25, 0.3) is 5.91 Å². The Kier molecular flexibility index (Phi) is 7.04. The van der Waals surface area contributed by atoms with Gasteiger partial charge in [0.05, 0.1) is 24.3 Å². The van der Waals surface area contributed by atoms with Crippen molar-refractivity contribution in [3.63, 3.8) is 0 Å². The van der Waals surface area contributed by atoms with Crippen molar-refractivity contribution in [1.82, 2.24) is 25.0 Å². The number of nitrogens with one attached hydrogen (secondary N) is 1. The van der Waals surface area contributed by atoms with Gasteiger partial charge in [-0.2, -0.15) is 0 Å². The Hall–Kier alpha value is -3.23. The fourth-order valence-electron chi connectivity index (χ4n) is 3.88. The highest BCUT2D eigenvalue weighted by atomic mass is 16.5. The van der Waals surface area contributed by atoms with E-state index in [2.05, 4.69) is 29.4 Å². The first-order chi connectivity index (χ1) is 14.8. The average molecular weight is 428 g/mol. The summed E-state index contributed by atoms with van der Waals surface area (Å²) in [6.07, 6.45) is 1.28. The van der Waals surface area contributed by atoms with Gasteiger partial charge in [0.1, 0.15) is 5.82 Å². The molecule has 0 unspecified atom stereocenters. The number of methoxy groups -OCH3 is 1. The monoisotopic (exact) mass is 427 g/mol. The number of fused-ring (bicyclic) bond motifs is 1. The van der Waals surface area contributed by atoms with Crippen LogP contribution >= 0.6 is 0 Å². The second kappa shape index (κ2) is 9.72. The zero-order valence-electron chi connectivity index (χ0n) is 18.4. The molecule has 2 heterocycles. The van der Waals surface area contributed by atoms with Crippen LogP contribution in [0.25, 0.3) is 0 Å². The SMILES string of the molecule is COC(=O)c1ccccc1C(=O)N1CCc2nnc([C@H](CC(C)C)NC(C)=O)n2CC1. The van der Waals surface area contributed by atoms with E-state index in [0.29, 0.717) is 43.4 Å². The second-order valence-corrected chi connectivity index (χ2v) is 8.09. The first kappa shape index (κ1) is 22.5.